The van der Waals surface area contributed by atoms with Crippen molar-refractivity contribution < 1.29 is 14.3 Å². The number of allylic oxidation sites excluding steroid dienone is 1. The molecule has 3 rings (SSSR count). The predicted octanol–water partition coefficient (Wildman–Crippen LogP) is 1.56. The molecule has 4 nitrogen and oxygen atoms in total. The average Bonchev–Trinajstić information content (AvgIpc) is 2.80. The lowest BCUT2D eigenvalue weighted by Crippen LogP contribution is -2.32. The number of nitrogens with two attached hydrogens (primary N) is 1. The highest BCUT2D eigenvalue weighted by Crippen LogP contribution is 2.46. The molecule has 0 aromatic heterocycles. The molecule has 0 saturated heterocycles. The molecule has 1 heterocycles. The van der Waals surface area contributed by atoms with Gasteiger partial charge in [0.15, 0.2) is 5.78 Å². The Bertz CT molecular complexity index is 636. The first-order valence-corrected chi connectivity index (χ1v) is 7.60. The van der Waals surface area contributed by atoms with Crippen molar-refractivity contribution in [1.29, 1.82) is 0 Å². The van der Waals surface area contributed by atoms with Crippen molar-refractivity contribution in [2.75, 3.05) is 12.4 Å². The Morgan fingerprint density at radius 3 is 3.00 bits per heavy atom. The van der Waals surface area contributed by atoms with Crippen LogP contribution in [-0.2, 0) is 16.0 Å². The van der Waals surface area contributed by atoms with Crippen molar-refractivity contribution in [1.82, 2.24) is 0 Å². The maximum absolute atomic E-state index is 12.1. The van der Waals surface area contributed by atoms with E-state index in [4.69, 9.17) is 10.5 Å². The van der Waals surface area contributed by atoms with Crippen LogP contribution in [0.15, 0.2) is 23.8 Å². The fourth-order valence-electron chi connectivity index (χ4n) is 2.83. The third kappa shape index (κ3) is 1.93. The van der Waals surface area contributed by atoms with E-state index in [1.807, 2.05) is 25.1 Å². The highest BCUT2D eigenvalue weighted by atomic mass is 32.2. The van der Waals surface area contributed by atoms with E-state index in [2.05, 4.69) is 0 Å². The van der Waals surface area contributed by atoms with E-state index in [1.54, 1.807) is 0 Å². The van der Waals surface area contributed by atoms with Crippen molar-refractivity contribution in [3.8, 4) is 5.75 Å². The summed E-state index contributed by atoms with van der Waals surface area (Å²) in [6.07, 6.45) is 0.578. The van der Waals surface area contributed by atoms with E-state index in [0.717, 1.165) is 28.0 Å². The number of ether oxygens (including phenoxy) is 1. The number of hydrogen-bond donors (Lipinski definition) is 1. The van der Waals surface area contributed by atoms with E-state index in [1.165, 1.54) is 11.8 Å². The number of ketones is 1. The summed E-state index contributed by atoms with van der Waals surface area (Å²) in [5.74, 6) is 0.761. The lowest BCUT2D eigenvalue weighted by molar-refractivity contribution is -0.116. The van der Waals surface area contributed by atoms with E-state index >= 15 is 0 Å². The molecule has 0 spiro atoms. The topological polar surface area (TPSA) is 69.4 Å². The summed E-state index contributed by atoms with van der Waals surface area (Å²) in [5.41, 5.74) is 8.95. The largest absolute Gasteiger partial charge is 0.493 e. The molecule has 1 amide bonds. The molecule has 104 valence electrons. The lowest BCUT2D eigenvalue weighted by Gasteiger charge is -2.22. The summed E-state index contributed by atoms with van der Waals surface area (Å²) in [6, 6.07) is 5.77. The van der Waals surface area contributed by atoms with Gasteiger partial charge >= 0.3 is 0 Å². The van der Waals surface area contributed by atoms with Gasteiger partial charge in [-0.15, -0.1) is 11.8 Å². The summed E-state index contributed by atoms with van der Waals surface area (Å²) < 4.78 is 5.65. The van der Waals surface area contributed by atoms with Gasteiger partial charge in [-0.2, -0.15) is 0 Å². The summed E-state index contributed by atoms with van der Waals surface area (Å²) in [6.45, 7) is 2.46. The van der Waals surface area contributed by atoms with Crippen LogP contribution in [0.25, 0.3) is 5.57 Å². The minimum Gasteiger partial charge on any atom is -0.493 e. The van der Waals surface area contributed by atoms with E-state index in [9.17, 15) is 9.59 Å². The number of carbonyl (C=O) groups excluding carboxylic acids is 2. The summed E-state index contributed by atoms with van der Waals surface area (Å²) in [7, 11) is 0. The second kappa shape index (κ2) is 4.98. The second-order valence-electron chi connectivity index (χ2n) is 4.81. The third-order valence-corrected chi connectivity index (χ3v) is 4.84. The smallest absolute Gasteiger partial charge is 0.235 e. The molecule has 0 bridgehead atoms. The van der Waals surface area contributed by atoms with Crippen LogP contribution >= 0.6 is 11.8 Å². The standard InChI is InChI=1S/C15H15NO3S/c1-2-19-11-5-3-4-8-6-9-10(17)7-20-14(15(16)18)13(9)12(8)11/h3-5,14H,2,6-7H2,1H3,(H2,16,18). The fraction of sp³-hybridized carbons (Fsp3) is 0.333. The first kappa shape index (κ1) is 13.2. The molecular formula is C15H15NO3S. The van der Waals surface area contributed by atoms with Gasteiger partial charge in [0.2, 0.25) is 5.91 Å². The first-order chi connectivity index (χ1) is 9.63. The van der Waals surface area contributed by atoms with Crippen LogP contribution in [0.1, 0.15) is 18.1 Å². The van der Waals surface area contributed by atoms with Gasteiger partial charge in [0.25, 0.3) is 0 Å². The fourth-order valence-corrected chi connectivity index (χ4v) is 3.92. The Labute approximate surface area is 121 Å². The zero-order chi connectivity index (χ0) is 14.3. The molecule has 0 fully saturated rings. The van der Waals surface area contributed by atoms with Crippen LogP contribution in [0.2, 0.25) is 0 Å². The van der Waals surface area contributed by atoms with Crippen molar-refractivity contribution >= 4 is 29.0 Å². The molecule has 1 unspecified atom stereocenters. The molecular weight excluding hydrogens is 274 g/mol. The van der Waals surface area contributed by atoms with Gasteiger partial charge in [-0.1, -0.05) is 12.1 Å². The van der Waals surface area contributed by atoms with Gasteiger partial charge in [0.05, 0.1) is 12.4 Å². The van der Waals surface area contributed by atoms with Crippen LogP contribution in [0.5, 0.6) is 5.75 Å². The van der Waals surface area contributed by atoms with E-state index < -0.39 is 11.2 Å². The molecule has 2 aliphatic rings. The van der Waals surface area contributed by atoms with Gasteiger partial charge < -0.3 is 10.5 Å². The summed E-state index contributed by atoms with van der Waals surface area (Å²) >= 11 is 1.31. The number of hydrogen-bond acceptors (Lipinski definition) is 4. The average molecular weight is 289 g/mol. The van der Waals surface area contributed by atoms with Crippen molar-refractivity contribution in [3.63, 3.8) is 0 Å². The molecule has 1 aliphatic carbocycles. The van der Waals surface area contributed by atoms with Crippen LogP contribution < -0.4 is 10.5 Å². The maximum atomic E-state index is 12.1. The SMILES string of the molecule is CCOc1cccc2c1C1=C(C2)C(=O)CSC1C(N)=O. The third-order valence-electron chi connectivity index (χ3n) is 3.61. The Hall–Kier alpha value is -1.75. The number of Topliss-reactive ketones (excluding diaryl/α,β-unsaturated/α-hetero) is 1. The Balaban J connectivity index is 2.18. The quantitative estimate of drug-likeness (QED) is 0.917. The zero-order valence-corrected chi connectivity index (χ0v) is 12.0. The van der Waals surface area contributed by atoms with Crippen LogP contribution in [0.4, 0.5) is 0 Å². The minimum absolute atomic E-state index is 0.0983. The van der Waals surface area contributed by atoms with Gasteiger partial charge in [0.1, 0.15) is 11.0 Å². The number of fused-ring (bicyclic) bond motifs is 2. The van der Waals surface area contributed by atoms with Gasteiger partial charge in [0, 0.05) is 17.6 Å². The van der Waals surface area contributed by atoms with Crippen LogP contribution in [0, 0.1) is 0 Å². The van der Waals surface area contributed by atoms with Crippen LogP contribution in [0.3, 0.4) is 0 Å². The molecule has 20 heavy (non-hydrogen) atoms. The zero-order valence-electron chi connectivity index (χ0n) is 11.1. The molecule has 1 atom stereocenters. The highest BCUT2D eigenvalue weighted by molar-refractivity contribution is 8.01. The van der Waals surface area contributed by atoms with E-state index in [0.29, 0.717) is 18.8 Å². The first-order valence-electron chi connectivity index (χ1n) is 6.55. The maximum Gasteiger partial charge on any atom is 0.235 e. The van der Waals surface area contributed by atoms with Gasteiger partial charge in [-0.25, -0.2) is 0 Å². The molecule has 2 N–H and O–H groups in total. The predicted molar refractivity (Wildman–Crippen MR) is 78.7 cm³/mol. The van der Waals surface area contributed by atoms with Gasteiger partial charge in [-0.05, 0) is 24.1 Å². The Morgan fingerprint density at radius 1 is 1.50 bits per heavy atom. The monoisotopic (exact) mass is 289 g/mol. The normalized spacial score (nSPS) is 20.6. The number of primary amides is 1. The summed E-state index contributed by atoms with van der Waals surface area (Å²) in [5, 5.41) is -0.453. The lowest BCUT2D eigenvalue weighted by atomic mass is 9.99. The summed E-state index contributed by atoms with van der Waals surface area (Å²) in [4.78, 5) is 23.8. The van der Waals surface area contributed by atoms with Crippen molar-refractivity contribution in [2.45, 2.75) is 18.6 Å². The highest BCUT2D eigenvalue weighted by Gasteiger charge is 2.39. The number of benzene rings is 1. The second-order valence-corrected chi connectivity index (χ2v) is 5.90. The Morgan fingerprint density at radius 2 is 2.30 bits per heavy atom. The van der Waals surface area contributed by atoms with Crippen molar-refractivity contribution in [2.24, 2.45) is 5.73 Å². The Kier molecular flexibility index (Phi) is 3.30. The molecule has 1 aromatic carbocycles. The van der Waals surface area contributed by atoms with Crippen molar-refractivity contribution in [3.05, 3.63) is 34.9 Å². The molecule has 0 radical (unpaired) electrons. The molecule has 1 aliphatic heterocycles. The van der Waals surface area contributed by atoms with Gasteiger partial charge in [-0.3, -0.25) is 9.59 Å². The number of rotatable bonds is 3. The molecule has 5 heteroatoms. The number of thioether (sulfide) groups is 1. The molecule has 0 saturated carbocycles. The molecule has 1 aromatic rings. The number of carbonyl (C=O) groups is 2. The number of amides is 1. The van der Waals surface area contributed by atoms with E-state index in [-0.39, 0.29) is 5.78 Å². The van der Waals surface area contributed by atoms with Crippen LogP contribution in [-0.4, -0.2) is 29.3 Å². The minimum atomic E-state index is -0.453.